The van der Waals surface area contributed by atoms with Crippen molar-refractivity contribution in [2.75, 3.05) is 14.2 Å². The van der Waals surface area contributed by atoms with Gasteiger partial charge in [0.2, 0.25) is 0 Å². The zero-order valence-corrected chi connectivity index (χ0v) is 17.4. The third kappa shape index (κ3) is 3.92. The van der Waals surface area contributed by atoms with Gasteiger partial charge >= 0.3 is 14.6 Å². The Kier molecular flexibility index (Phi) is 6.11. The molecule has 0 aliphatic heterocycles. The fourth-order valence-corrected chi connectivity index (χ4v) is 3.91. The summed E-state index contributed by atoms with van der Waals surface area (Å²) in [4.78, 5) is 0. The largest absolute Gasteiger partial charge is 0.707 e. The van der Waals surface area contributed by atoms with E-state index in [1.165, 1.54) is 14.2 Å². The van der Waals surface area contributed by atoms with Crippen LogP contribution in [0.5, 0.6) is 23.0 Å². The minimum absolute atomic E-state index is 0.107. The highest BCUT2D eigenvalue weighted by Crippen LogP contribution is 2.52. The molecule has 4 aromatic carbocycles. The average molecular weight is 434 g/mol. The van der Waals surface area contributed by atoms with Crippen LogP contribution in [0.4, 0.5) is 0 Å². The molecular formula is C22H20B2O8. The summed E-state index contributed by atoms with van der Waals surface area (Å²) < 4.78 is 21.8. The predicted octanol–water partition coefficient (Wildman–Crippen LogP) is 2.37. The zero-order valence-electron chi connectivity index (χ0n) is 17.4. The lowest BCUT2D eigenvalue weighted by Crippen LogP contribution is -2.21. The van der Waals surface area contributed by atoms with Crippen molar-refractivity contribution in [3.63, 3.8) is 0 Å². The average Bonchev–Trinajstić information content (AvgIpc) is 2.76. The van der Waals surface area contributed by atoms with Crippen molar-refractivity contribution < 1.29 is 38.9 Å². The van der Waals surface area contributed by atoms with E-state index in [-0.39, 0.29) is 23.0 Å². The first kappa shape index (κ1) is 21.8. The van der Waals surface area contributed by atoms with Gasteiger partial charge in [0.1, 0.15) is 11.5 Å². The van der Waals surface area contributed by atoms with Crippen LogP contribution in [0.2, 0.25) is 0 Å². The van der Waals surface area contributed by atoms with Crippen LogP contribution in [0.3, 0.4) is 0 Å². The Morgan fingerprint density at radius 1 is 0.594 bits per heavy atom. The van der Waals surface area contributed by atoms with Gasteiger partial charge in [0.15, 0.2) is 11.5 Å². The smallest absolute Gasteiger partial charge is 0.509 e. The lowest BCUT2D eigenvalue weighted by atomic mass is 9.91. The molecule has 162 valence electrons. The molecule has 8 nitrogen and oxygen atoms in total. The van der Waals surface area contributed by atoms with E-state index in [2.05, 4.69) is 0 Å². The van der Waals surface area contributed by atoms with Crippen LogP contribution >= 0.6 is 0 Å². The number of ether oxygens (including phenoxy) is 2. The van der Waals surface area contributed by atoms with Crippen LogP contribution in [0.25, 0.3) is 32.7 Å². The third-order valence-corrected chi connectivity index (χ3v) is 5.06. The Balaban J connectivity index is 2.20. The first-order valence-corrected chi connectivity index (χ1v) is 9.70. The molecular weight excluding hydrogens is 414 g/mol. The third-order valence-electron chi connectivity index (χ3n) is 5.06. The maximum Gasteiger partial charge on any atom is 0.707 e. The quantitative estimate of drug-likeness (QED) is 0.328. The molecule has 0 radical (unpaired) electrons. The normalized spacial score (nSPS) is 10.8. The van der Waals surface area contributed by atoms with Crippen molar-refractivity contribution in [2.24, 2.45) is 0 Å². The molecule has 0 atom stereocenters. The molecule has 0 heterocycles. The van der Waals surface area contributed by atoms with Gasteiger partial charge in [-0.3, -0.25) is 0 Å². The minimum atomic E-state index is -2.06. The van der Waals surface area contributed by atoms with Crippen molar-refractivity contribution in [1.82, 2.24) is 0 Å². The van der Waals surface area contributed by atoms with Crippen LogP contribution in [0.15, 0.2) is 60.7 Å². The van der Waals surface area contributed by atoms with Crippen molar-refractivity contribution in [3.05, 3.63) is 60.7 Å². The summed E-state index contributed by atoms with van der Waals surface area (Å²) in [6.45, 7) is 0. The summed E-state index contributed by atoms with van der Waals surface area (Å²) in [5.74, 6) is 0.690. The summed E-state index contributed by atoms with van der Waals surface area (Å²) in [6.07, 6.45) is 0. The zero-order chi connectivity index (χ0) is 22.8. The van der Waals surface area contributed by atoms with Crippen molar-refractivity contribution in [3.8, 4) is 34.1 Å². The molecule has 0 aromatic heterocycles. The Morgan fingerprint density at radius 3 is 1.31 bits per heavy atom. The van der Waals surface area contributed by atoms with Crippen LogP contribution < -0.4 is 18.8 Å². The summed E-state index contributed by atoms with van der Waals surface area (Å²) in [5.41, 5.74) is 1.10. The second kappa shape index (κ2) is 8.97. The highest BCUT2D eigenvalue weighted by Gasteiger charge is 2.27. The summed E-state index contributed by atoms with van der Waals surface area (Å²) in [6, 6.07) is 18.2. The number of methoxy groups -OCH3 is 2. The van der Waals surface area contributed by atoms with Crippen molar-refractivity contribution in [2.45, 2.75) is 0 Å². The van der Waals surface area contributed by atoms with Gasteiger partial charge < -0.3 is 38.9 Å². The molecule has 0 fully saturated rings. The molecule has 4 N–H and O–H groups in total. The summed E-state index contributed by atoms with van der Waals surface area (Å²) in [5, 5.41) is 40.9. The van der Waals surface area contributed by atoms with Gasteiger partial charge in [0, 0.05) is 11.1 Å². The molecule has 32 heavy (non-hydrogen) atoms. The number of fused-ring (bicyclic) bond motifs is 2. The van der Waals surface area contributed by atoms with Crippen LogP contribution in [-0.2, 0) is 0 Å². The Hall–Kier alpha value is -3.43. The molecule has 0 unspecified atom stereocenters. The van der Waals surface area contributed by atoms with E-state index in [1.807, 2.05) is 48.5 Å². The molecule has 0 aliphatic rings. The number of benzene rings is 4. The van der Waals surface area contributed by atoms with Crippen molar-refractivity contribution in [1.29, 1.82) is 0 Å². The second-order valence-corrected chi connectivity index (χ2v) is 6.90. The van der Waals surface area contributed by atoms with E-state index in [1.54, 1.807) is 12.1 Å². The van der Waals surface area contributed by atoms with Gasteiger partial charge in [-0.2, -0.15) is 0 Å². The fraction of sp³-hybridized carbons (Fsp3) is 0.0909. The minimum Gasteiger partial charge on any atom is -0.509 e. The van der Waals surface area contributed by atoms with E-state index in [9.17, 15) is 20.1 Å². The second-order valence-electron chi connectivity index (χ2n) is 6.90. The molecule has 0 aliphatic carbocycles. The van der Waals surface area contributed by atoms with E-state index in [0.717, 1.165) is 21.5 Å². The lowest BCUT2D eigenvalue weighted by molar-refractivity contribution is 0.278. The van der Waals surface area contributed by atoms with Gasteiger partial charge in [-0.25, -0.2) is 0 Å². The Morgan fingerprint density at radius 2 is 0.969 bits per heavy atom. The molecule has 4 aromatic rings. The molecule has 0 spiro atoms. The molecule has 4 rings (SSSR count). The maximum atomic E-state index is 9.45. The van der Waals surface area contributed by atoms with Gasteiger partial charge in [0.05, 0.1) is 14.2 Å². The van der Waals surface area contributed by atoms with Crippen LogP contribution in [0, 0.1) is 0 Å². The standard InChI is InChI=1S/C22H20B2O8/c1-29-21-17(31-23(25)26)11-13-7-3-5-9-15(13)19(21)20-16-10-6-4-8-14(16)12-18(22(20)30-2)32-24(27)28/h3-12,25-28H,1-2H3. The first-order valence-electron chi connectivity index (χ1n) is 9.70. The Labute approximate surface area is 184 Å². The molecule has 0 saturated heterocycles. The number of hydrogen-bond donors (Lipinski definition) is 4. The highest BCUT2D eigenvalue weighted by atomic mass is 16.6. The topological polar surface area (TPSA) is 118 Å². The molecule has 0 amide bonds. The molecule has 0 saturated carbocycles. The van der Waals surface area contributed by atoms with E-state index in [0.29, 0.717) is 11.1 Å². The van der Waals surface area contributed by atoms with Gasteiger partial charge in [0.25, 0.3) is 0 Å². The van der Waals surface area contributed by atoms with Gasteiger partial charge in [-0.1, -0.05) is 48.5 Å². The highest BCUT2D eigenvalue weighted by molar-refractivity contribution is 6.34. The molecule has 0 bridgehead atoms. The van der Waals surface area contributed by atoms with E-state index >= 15 is 0 Å². The summed E-state index contributed by atoms with van der Waals surface area (Å²) >= 11 is 0. The van der Waals surface area contributed by atoms with Crippen LogP contribution in [-0.4, -0.2) is 49.0 Å². The SMILES string of the molecule is COc1c(OB(O)O)cc2ccccc2c1-c1c(OC)c(OB(O)O)cc2ccccc12. The van der Waals surface area contributed by atoms with Gasteiger partial charge in [-0.05, 0) is 33.7 Å². The predicted molar refractivity (Wildman–Crippen MR) is 122 cm³/mol. The first-order chi connectivity index (χ1) is 15.4. The Bertz CT molecular complexity index is 1180. The van der Waals surface area contributed by atoms with Crippen molar-refractivity contribution >= 4 is 36.2 Å². The van der Waals surface area contributed by atoms with Gasteiger partial charge in [-0.15, -0.1) is 0 Å². The number of rotatable bonds is 7. The summed E-state index contributed by atoms with van der Waals surface area (Å²) in [7, 11) is -1.24. The monoisotopic (exact) mass is 434 g/mol. The van der Waals surface area contributed by atoms with E-state index in [4.69, 9.17) is 18.8 Å². The van der Waals surface area contributed by atoms with Crippen LogP contribution in [0.1, 0.15) is 0 Å². The lowest BCUT2D eigenvalue weighted by Gasteiger charge is -2.22. The van der Waals surface area contributed by atoms with E-state index < -0.39 is 14.6 Å². The number of hydrogen-bond acceptors (Lipinski definition) is 8. The maximum absolute atomic E-state index is 9.45. The molecule has 10 heteroatoms. The fourth-order valence-electron chi connectivity index (χ4n) is 3.91.